The first-order valence-electron chi connectivity index (χ1n) is 5.49. The Hall–Kier alpha value is -2.21. The van der Waals surface area contributed by atoms with Crippen LogP contribution in [0.3, 0.4) is 0 Å². The molecule has 19 heavy (non-hydrogen) atoms. The van der Waals surface area contributed by atoms with Crippen LogP contribution < -0.4 is 15.2 Å². The second-order valence-corrected chi connectivity index (χ2v) is 4.87. The number of rotatable bonds is 4. The highest BCUT2D eigenvalue weighted by Crippen LogP contribution is 2.36. The van der Waals surface area contributed by atoms with Gasteiger partial charge in [0.05, 0.1) is 14.2 Å². The molecule has 0 aliphatic carbocycles. The minimum Gasteiger partial charge on any atom is -0.493 e. The number of ether oxygens (including phenoxy) is 2. The summed E-state index contributed by atoms with van der Waals surface area (Å²) in [6.07, 6.45) is 3.33. The van der Waals surface area contributed by atoms with E-state index in [0.717, 1.165) is 15.0 Å². The van der Waals surface area contributed by atoms with E-state index < -0.39 is 0 Å². The van der Waals surface area contributed by atoms with E-state index in [1.165, 1.54) is 0 Å². The summed E-state index contributed by atoms with van der Waals surface area (Å²) in [6, 6.07) is 5.86. The molecule has 0 aliphatic rings. The van der Waals surface area contributed by atoms with Crippen molar-refractivity contribution in [3.05, 3.63) is 29.2 Å². The maximum Gasteiger partial charge on any atom is 0.162 e. The topological polar surface area (TPSA) is 77.1 Å². The quantitative estimate of drug-likeness (QED) is 0.390. The number of hydrogen-bond donors (Lipinski definition) is 2. The summed E-state index contributed by atoms with van der Waals surface area (Å²) in [7, 11) is 3.21. The number of thiophene rings is 1. The molecule has 0 saturated heterocycles. The molecule has 2 aromatic rings. The number of methoxy groups -OCH3 is 2. The van der Waals surface area contributed by atoms with Crippen molar-refractivity contribution in [2.75, 3.05) is 14.2 Å². The Morgan fingerprint density at radius 2 is 1.95 bits per heavy atom. The van der Waals surface area contributed by atoms with Crippen molar-refractivity contribution in [3.63, 3.8) is 0 Å². The lowest BCUT2D eigenvalue weighted by molar-refractivity contribution is 0.319. The number of oxime groups is 1. The normalized spacial score (nSPS) is 12.2. The molecule has 2 rings (SSSR count). The van der Waals surface area contributed by atoms with Crippen molar-refractivity contribution in [1.82, 2.24) is 0 Å². The summed E-state index contributed by atoms with van der Waals surface area (Å²) in [5.41, 5.74) is 5.38. The molecule has 0 fully saturated rings. The predicted molar refractivity (Wildman–Crippen MR) is 77.4 cm³/mol. The van der Waals surface area contributed by atoms with Crippen LogP contribution in [0, 0.1) is 0 Å². The monoisotopic (exact) mass is 278 g/mol. The van der Waals surface area contributed by atoms with Gasteiger partial charge >= 0.3 is 0 Å². The highest BCUT2D eigenvalue weighted by Gasteiger charge is 2.08. The number of fused-ring (bicyclic) bond motifs is 1. The first kappa shape index (κ1) is 13.2. The first-order valence-corrected chi connectivity index (χ1v) is 6.30. The lowest BCUT2D eigenvalue weighted by atomic mass is 10.2. The maximum absolute atomic E-state index is 8.47. The Bertz CT molecular complexity index is 606. The van der Waals surface area contributed by atoms with Gasteiger partial charge in [-0.3, -0.25) is 0 Å². The third-order valence-electron chi connectivity index (χ3n) is 2.58. The molecule has 1 aromatic carbocycles. The Morgan fingerprint density at radius 1 is 1.26 bits per heavy atom. The van der Waals surface area contributed by atoms with Crippen LogP contribution in [-0.4, -0.2) is 25.3 Å². The Balaban J connectivity index is 2.43. The Morgan fingerprint density at radius 3 is 2.58 bits per heavy atom. The lowest BCUT2D eigenvalue weighted by Crippen LogP contribution is -2.06. The summed E-state index contributed by atoms with van der Waals surface area (Å²) >= 11 is 1.58. The summed E-state index contributed by atoms with van der Waals surface area (Å²) in [5, 5.41) is 12.4. The fourth-order valence-corrected chi connectivity index (χ4v) is 2.65. The van der Waals surface area contributed by atoms with Crippen LogP contribution in [0.15, 0.2) is 29.4 Å². The van der Waals surface area contributed by atoms with Gasteiger partial charge in [-0.25, -0.2) is 0 Å². The fraction of sp³-hybridized carbons (Fsp3) is 0.154. The van der Waals surface area contributed by atoms with Gasteiger partial charge in [-0.15, -0.1) is 11.3 Å². The molecule has 6 heteroatoms. The van der Waals surface area contributed by atoms with E-state index >= 15 is 0 Å². The van der Waals surface area contributed by atoms with Gasteiger partial charge in [0.1, 0.15) is 0 Å². The summed E-state index contributed by atoms with van der Waals surface area (Å²) < 4.78 is 11.6. The highest BCUT2D eigenvalue weighted by molar-refractivity contribution is 7.19. The predicted octanol–water partition coefficient (Wildman–Crippen LogP) is 2.68. The van der Waals surface area contributed by atoms with E-state index in [-0.39, 0.29) is 5.84 Å². The van der Waals surface area contributed by atoms with Gasteiger partial charge in [0.2, 0.25) is 0 Å². The third-order valence-corrected chi connectivity index (χ3v) is 3.64. The van der Waals surface area contributed by atoms with Crippen LogP contribution in [0.25, 0.3) is 16.2 Å². The average molecular weight is 278 g/mol. The van der Waals surface area contributed by atoms with Crippen LogP contribution in [0.4, 0.5) is 0 Å². The molecule has 0 bridgehead atoms. The number of hydrogen-bond acceptors (Lipinski definition) is 5. The molecule has 3 N–H and O–H groups in total. The van der Waals surface area contributed by atoms with Crippen LogP contribution in [0.1, 0.15) is 4.88 Å². The fourth-order valence-electron chi connectivity index (χ4n) is 1.67. The van der Waals surface area contributed by atoms with Gasteiger partial charge in [-0.2, -0.15) is 0 Å². The van der Waals surface area contributed by atoms with Gasteiger partial charge in [0.15, 0.2) is 17.3 Å². The molecule has 0 spiro atoms. The Labute approximate surface area is 114 Å². The molecule has 0 aliphatic heterocycles. The van der Waals surface area contributed by atoms with E-state index in [9.17, 15) is 0 Å². The molecule has 0 amide bonds. The molecule has 5 nitrogen and oxygen atoms in total. The van der Waals surface area contributed by atoms with Crippen LogP contribution >= 0.6 is 11.3 Å². The standard InChI is InChI=1S/C13H14N2O3S/c1-17-10-6-8-5-9(3-4-13(14)15-16)19-12(8)7-11(10)18-2/h3-7,16H,1-2H3,(H2,14,15). The van der Waals surface area contributed by atoms with E-state index in [1.807, 2.05) is 18.2 Å². The van der Waals surface area contributed by atoms with Gasteiger partial charge in [-0.05, 0) is 29.7 Å². The van der Waals surface area contributed by atoms with Crippen molar-refractivity contribution < 1.29 is 14.7 Å². The number of nitrogens with two attached hydrogens (primary N) is 1. The Kier molecular flexibility index (Phi) is 3.91. The van der Waals surface area contributed by atoms with E-state index in [4.69, 9.17) is 20.4 Å². The average Bonchev–Trinajstić information content (AvgIpc) is 2.84. The van der Waals surface area contributed by atoms with E-state index in [2.05, 4.69) is 5.16 Å². The van der Waals surface area contributed by atoms with Crippen molar-refractivity contribution in [3.8, 4) is 11.5 Å². The van der Waals surface area contributed by atoms with Gasteiger partial charge in [0, 0.05) is 15.6 Å². The van der Waals surface area contributed by atoms with Crippen LogP contribution in [0.2, 0.25) is 0 Å². The zero-order valence-corrected chi connectivity index (χ0v) is 11.4. The smallest absolute Gasteiger partial charge is 0.162 e. The van der Waals surface area contributed by atoms with Crippen molar-refractivity contribution in [2.24, 2.45) is 10.9 Å². The lowest BCUT2D eigenvalue weighted by Gasteiger charge is -2.06. The highest BCUT2D eigenvalue weighted by atomic mass is 32.1. The maximum atomic E-state index is 8.47. The molecule has 0 atom stereocenters. The first-order chi connectivity index (χ1) is 9.17. The number of benzene rings is 1. The zero-order chi connectivity index (χ0) is 13.8. The third kappa shape index (κ3) is 2.79. The van der Waals surface area contributed by atoms with Crippen molar-refractivity contribution in [2.45, 2.75) is 0 Å². The van der Waals surface area contributed by atoms with Crippen LogP contribution in [0.5, 0.6) is 11.5 Å². The van der Waals surface area contributed by atoms with Gasteiger partial charge in [0.25, 0.3) is 0 Å². The summed E-state index contributed by atoms with van der Waals surface area (Å²) in [6.45, 7) is 0. The SMILES string of the molecule is COc1cc2cc(C=CC(N)=NO)sc2cc1OC. The number of nitrogens with zero attached hydrogens (tertiary/aromatic N) is 1. The van der Waals surface area contributed by atoms with Crippen molar-refractivity contribution in [1.29, 1.82) is 0 Å². The van der Waals surface area contributed by atoms with Gasteiger partial charge < -0.3 is 20.4 Å². The summed E-state index contributed by atoms with van der Waals surface area (Å²) in [5.74, 6) is 1.45. The van der Waals surface area contributed by atoms with Crippen molar-refractivity contribution >= 4 is 33.3 Å². The second-order valence-electron chi connectivity index (χ2n) is 3.75. The molecule has 1 heterocycles. The second kappa shape index (κ2) is 5.62. The number of amidine groups is 1. The largest absolute Gasteiger partial charge is 0.493 e. The van der Waals surface area contributed by atoms with E-state index in [1.54, 1.807) is 37.7 Å². The molecule has 0 radical (unpaired) electrons. The summed E-state index contributed by atoms with van der Waals surface area (Å²) in [4.78, 5) is 0.997. The van der Waals surface area contributed by atoms with Gasteiger partial charge in [-0.1, -0.05) is 5.16 Å². The molecule has 0 saturated carbocycles. The molecular formula is C13H14N2O3S. The van der Waals surface area contributed by atoms with E-state index in [0.29, 0.717) is 11.5 Å². The molecule has 0 unspecified atom stereocenters. The van der Waals surface area contributed by atoms with Crippen LogP contribution in [-0.2, 0) is 0 Å². The molecule has 100 valence electrons. The molecule has 1 aromatic heterocycles. The molecular weight excluding hydrogens is 264 g/mol. The minimum absolute atomic E-state index is 0.0626. The zero-order valence-electron chi connectivity index (χ0n) is 10.6. The minimum atomic E-state index is 0.0626.